The Bertz CT molecular complexity index is 475. The van der Waals surface area contributed by atoms with Crippen LogP contribution in [-0.4, -0.2) is 33.4 Å². The average Bonchev–Trinajstić information content (AvgIpc) is 2.38. The third-order valence-corrected chi connectivity index (χ3v) is 2.48. The quantitative estimate of drug-likeness (QED) is 0.740. The number of aliphatic hydroxyl groups is 1. The lowest BCUT2D eigenvalue weighted by molar-refractivity contribution is 0.283. The summed E-state index contributed by atoms with van der Waals surface area (Å²) in [6, 6.07) is 7.66. The minimum atomic E-state index is 0.258. The number of unbranched alkanes of at least 4 members (excludes halogenated alkanes) is 2. The van der Waals surface area contributed by atoms with Crippen LogP contribution in [-0.2, 0) is 0 Å². The van der Waals surface area contributed by atoms with Gasteiger partial charge in [0.15, 0.2) is 0 Å². The molecule has 1 aromatic heterocycles. The standard InChI is InChI=1S/C12H16N4O/c17-9-5-1-4-8-13-12-14-10-6-2-3-7-11(10)15-16-12/h2-3,6-7,17H,1,4-5,8-9H2,(H,13,14,16). The lowest BCUT2D eigenvalue weighted by atomic mass is 10.2. The molecule has 0 atom stereocenters. The summed E-state index contributed by atoms with van der Waals surface area (Å²) in [6.45, 7) is 1.06. The highest BCUT2D eigenvalue weighted by molar-refractivity contribution is 5.73. The van der Waals surface area contributed by atoms with Gasteiger partial charge in [-0.1, -0.05) is 12.1 Å². The molecule has 2 aromatic rings. The van der Waals surface area contributed by atoms with Gasteiger partial charge in [0.2, 0.25) is 5.95 Å². The molecule has 0 bridgehead atoms. The van der Waals surface area contributed by atoms with Crippen molar-refractivity contribution < 1.29 is 5.11 Å². The normalized spacial score (nSPS) is 10.6. The summed E-state index contributed by atoms with van der Waals surface area (Å²) in [5, 5.41) is 19.9. The van der Waals surface area contributed by atoms with Crippen LogP contribution in [0.5, 0.6) is 0 Å². The first-order valence-electron chi connectivity index (χ1n) is 5.84. The number of benzene rings is 1. The molecule has 90 valence electrons. The number of nitrogens with zero attached hydrogens (tertiary/aromatic N) is 3. The van der Waals surface area contributed by atoms with Gasteiger partial charge in [-0.3, -0.25) is 0 Å². The number of rotatable bonds is 6. The van der Waals surface area contributed by atoms with Gasteiger partial charge in [0, 0.05) is 13.2 Å². The molecule has 2 rings (SSSR count). The molecule has 0 saturated carbocycles. The monoisotopic (exact) mass is 232 g/mol. The number of aliphatic hydroxyl groups excluding tert-OH is 1. The molecule has 0 aliphatic heterocycles. The summed E-state index contributed by atoms with van der Waals surface area (Å²) >= 11 is 0. The summed E-state index contributed by atoms with van der Waals surface area (Å²) < 4.78 is 0. The SMILES string of the molecule is OCCCCCNc1nnc2ccccc2n1. The van der Waals surface area contributed by atoms with Crippen molar-refractivity contribution >= 4 is 17.0 Å². The largest absolute Gasteiger partial charge is 0.396 e. The summed E-state index contributed by atoms with van der Waals surface area (Å²) in [5.41, 5.74) is 1.65. The second kappa shape index (κ2) is 6.10. The lowest BCUT2D eigenvalue weighted by Gasteiger charge is -2.04. The van der Waals surface area contributed by atoms with Crippen LogP contribution < -0.4 is 5.32 Å². The molecule has 0 aliphatic carbocycles. The van der Waals surface area contributed by atoms with E-state index in [1.54, 1.807) is 0 Å². The lowest BCUT2D eigenvalue weighted by Crippen LogP contribution is -2.06. The van der Waals surface area contributed by atoms with Crippen LogP contribution in [0.4, 0.5) is 5.95 Å². The maximum absolute atomic E-state index is 8.65. The van der Waals surface area contributed by atoms with E-state index in [1.165, 1.54) is 0 Å². The highest BCUT2D eigenvalue weighted by atomic mass is 16.2. The van der Waals surface area contributed by atoms with Crippen LogP contribution in [0.15, 0.2) is 24.3 Å². The molecule has 17 heavy (non-hydrogen) atoms. The highest BCUT2D eigenvalue weighted by Crippen LogP contribution is 2.08. The van der Waals surface area contributed by atoms with Crippen LogP contribution in [0.1, 0.15) is 19.3 Å². The molecule has 5 heteroatoms. The Morgan fingerprint density at radius 3 is 2.65 bits per heavy atom. The van der Waals surface area contributed by atoms with Gasteiger partial charge in [0.1, 0.15) is 5.52 Å². The van der Waals surface area contributed by atoms with Crippen molar-refractivity contribution in [2.75, 3.05) is 18.5 Å². The van der Waals surface area contributed by atoms with E-state index in [-0.39, 0.29) is 6.61 Å². The van der Waals surface area contributed by atoms with Gasteiger partial charge in [-0.25, -0.2) is 4.98 Å². The zero-order valence-electron chi connectivity index (χ0n) is 9.63. The van der Waals surface area contributed by atoms with Crippen molar-refractivity contribution in [3.63, 3.8) is 0 Å². The van der Waals surface area contributed by atoms with Crippen molar-refractivity contribution in [1.29, 1.82) is 0 Å². The van der Waals surface area contributed by atoms with E-state index < -0.39 is 0 Å². The van der Waals surface area contributed by atoms with Crippen LogP contribution in [0, 0.1) is 0 Å². The molecule has 0 aliphatic rings. The third-order valence-electron chi connectivity index (χ3n) is 2.48. The second-order valence-electron chi connectivity index (χ2n) is 3.84. The molecule has 0 fully saturated rings. The maximum Gasteiger partial charge on any atom is 0.243 e. The Morgan fingerprint density at radius 2 is 1.82 bits per heavy atom. The molecule has 1 heterocycles. The molecule has 5 nitrogen and oxygen atoms in total. The topological polar surface area (TPSA) is 70.9 Å². The fourth-order valence-electron chi connectivity index (χ4n) is 1.57. The minimum absolute atomic E-state index is 0.258. The Balaban J connectivity index is 1.90. The van der Waals surface area contributed by atoms with Crippen LogP contribution in [0.2, 0.25) is 0 Å². The molecule has 0 radical (unpaired) electrons. The van der Waals surface area contributed by atoms with Gasteiger partial charge in [0.05, 0.1) is 5.52 Å². The van der Waals surface area contributed by atoms with Gasteiger partial charge in [0.25, 0.3) is 0 Å². The van der Waals surface area contributed by atoms with E-state index in [4.69, 9.17) is 5.11 Å². The number of aromatic nitrogens is 3. The van der Waals surface area contributed by atoms with Crippen molar-refractivity contribution in [1.82, 2.24) is 15.2 Å². The average molecular weight is 232 g/mol. The molecule has 0 unspecified atom stereocenters. The summed E-state index contributed by atoms with van der Waals surface area (Å²) in [5.74, 6) is 0.563. The molecular formula is C12H16N4O. The van der Waals surface area contributed by atoms with Gasteiger partial charge in [-0.15, -0.1) is 10.2 Å². The van der Waals surface area contributed by atoms with Gasteiger partial charge < -0.3 is 10.4 Å². The third kappa shape index (κ3) is 3.35. The highest BCUT2D eigenvalue weighted by Gasteiger charge is 1.99. The fourth-order valence-corrected chi connectivity index (χ4v) is 1.57. The van der Waals surface area contributed by atoms with E-state index in [0.29, 0.717) is 5.95 Å². The first-order valence-corrected chi connectivity index (χ1v) is 5.84. The number of hydrogen-bond acceptors (Lipinski definition) is 5. The van der Waals surface area contributed by atoms with E-state index in [9.17, 15) is 0 Å². The first kappa shape index (κ1) is 11.7. The van der Waals surface area contributed by atoms with Crippen molar-refractivity contribution in [3.05, 3.63) is 24.3 Å². The molecule has 1 aromatic carbocycles. The van der Waals surface area contributed by atoms with Crippen molar-refractivity contribution in [2.24, 2.45) is 0 Å². The number of fused-ring (bicyclic) bond motifs is 1. The fraction of sp³-hybridized carbons (Fsp3) is 0.417. The first-order chi connectivity index (χ1) is 8.40. The number of para-hydroxylation sites is 1. The number of nitrogens with one attached hydrogen (secondary N) is 1. The van der Waals surface area contributed by atoms with Crippen LogP contribution in [0.3, 0.4) is 0 Å². The van der Waals surface area contributed by atoms with E-state index in [1.807, 2.05) is 24.3 Å². The van der Waals surface area contributed by atoms with Crippen LogP contribution in [0.25, 0.3) is 11.0 Å². The Labute approximate surface area is 99.9 Å². The van der Waals surface area contributed by atoms with Gasteiger partial charge in [-0.2, -0.15) is 0 Å². The minimum Gasteiger partial charge on any atom is -0.396 e. The van der Waals surface area contributed by atoms with Crippen LogP contribution >= 0.6 is 0 Å². The maximum atomic E-state index is 8.65. The smallest absolute Gasteiger partial charge is 0.243 e. The number of anilines is 1. The summed E-state index contributed by atoms with van der Waals surface area (Å²) in [6.07, 6.45) is 2.85. The zero-order valence-corrected chi connectivity index (χ0v) is 9.63. The zero-order chi connectivity index (χ0) is 11.9. The molecular weight excluding hydrogens is 216 g/mol. The number of hydrogen-bond donors (Lipinski definition) is 2. The van der Waals surface area contributed by atoms with Gasteiger partial charge >= 0.3 is 0 Å². The molecule has 0 saturated heterocycles. The van der Waals surface area contributed by atoms with Crippen molar-refractivity contribution in [3.8, 4) is 0 Å². The Kier molecular flexibility index (Phi) is 4.21. The molecule has 0 amide bonds. The molecule has 0 spiro atoms. The predicted molar refractivity (Wildman–Crippen MR) is 66.8 cm³/mol. The Morgan fingerprint density at radius 1 is 1.00 bits per heavy atom. The van der Waals surface area contributed by atoms with E-state index in [2.05, 4.69) is 20.5 Å². The van der Waals surface area contributed by atoms with Crippen molar-refractivity contribution in [2.45, 2.75) is 19.3 Å². The molecule has 2 N–H and O–H groups in total. The Hall–Kier alpha value is -1.75. The predicted octanol–water partition coefficient (Wildman–Crippen LogP) is 1.60. The van der Waals surface area contributed by atoms with E-state index in [0.717, 1.165) is 36.8 Å². The van der Waals surface area contributed by atoms with Gasteiger partial charge in [-0.05, 0) is 31.4 Å². The summed E-state index contributed by atoms with van der Waals surface area (Å²) in [7, 11) is 0. The summed E-state index contributed by atoms with van der Waals surface area (Å²) in [4.78, 5) is 4.36. The van der Waals surface area contributed by atoms with E-state index >= 15 is 0 Å². The second-order valence-corrected chi connectivity index (χ2v) is 3.84.